The lowest BCUT2D eigenvalue weighted by atomic mass is 10.1. The van der Waals surface area contributed by atoms with Gasteiger partial charge in [0.2, 0.25) is 0 Å². The fourth-order valence-corrected chi connectivity index (χ4v) is 1.60. The standard InChI is InChI=1S/C12H18N2O3/c1-2-11(7-8-15)13-9-10-3-5-12(6-4-10)14(16)17/h3-6,11,13,15H,2,7-9H2,1H3. The van der Waals surface area contributed by atoms with Crippen molar-refractivity contribution in [3.8, 4) is 0 Å². The summed E-state index contributed by atoms with van der Waals surface area (Å²) in [7, 11) is 0. The van der Waals surface area contributed by atoms with Gasteiger partial charge in [0.1, 0.15) is 0 Å². The number of aliphatic hydroxyl groups excluding tert-OH is 1. The van der Waals surface area contributed by atoms with E-state index in [1.165, 1.54) is 12.1 Å². The first-order valence-electron chi connectivity index (χ1n) is 5.75. The number of nitro benzene ring substituents is 1. The molecule has 0 spiro atoms. The van der Waals surface area contributed by atoms with Gasteiger partial charge in [-0.15, -0.1) is 0 Å². The molecule has 1 unspecified atom stereocenters. The van der Waals surface area contributed by atoms with Gasteiger partial charge in [0.15, 0.2) is 0 Å². The van der Waals surface area contributed by atoms with Crippen LogP contribution < -0.4 is 5.32 Å². The molecule has 1 aromatic carbocycles. The number of non-ortho nitro benzene ring substituents is 1. The second kappa shape index (κ2) is 6.98. The molecule has 1 atom stereocenters. The predicted molar refractivity (Wildman–Crippen MR) is 65.7 cm³/mol. The van der Waals surface area contributed by atoms with Gasteiger partial charge in [0.05, 0.1) is 4.92 Å². The highest BCUT2D eigenvalue weighted by Gasteiger charge is 2.06. The van der Waals surface area contributed by atoms with Gasteiger partial charge in [0, 0.05) is 31.3 Å². The van der Waals surface area contributed by atoms with E-state index < -0.39 is 4.92 Å². The Morgan fingerprint density at radius 3 is 2.53 bits per heavy atom. The Balaban J connectivity index is 2.48. The molecule has 0 aromatic heterocycles. The number of aliphatic hydroxyl groups is 1. The average molecular weight is 238 g/mol. The summed E-state index contributed by atoms with van der Waals surface area (Å²) in [6, 6.07) is 6.79. The minimum Gasteiger partial charge on any atom is -0.396 e. The number of hydrogen-bond donors (Lipinski definition) is 2. The molecule has 1 aromatic rings. The second-order valence-electron chi connectivity index (χ2n) is 3.92. The van der Waals surface area contributed by atoms with E-state index >= 15 is 0 Å². The van der Waals surface area contributed by atoms with E-state index in [1.54, 1.807) is 12.1 Å². The number of nitrogens with zero attached hydrogens (tertiary/aromatic N) is 1. The van der Waals surface area contributed by atoms with Crippen molar-refractivity contribution in [2.24, 2.45) is 0 Å². The van der Waals surface area contributed by atoms with E-state index in [4.69, 9.17) is 5.11 Å². The molecule has 0 aliphatic rings. The van der Waals surface area contributed by atoms with Crippen LogP contribution in [0.5, 0.6) is 0 Å². The zero-order valence-electron chi connectivity index (χ0n) is 9.93. The summed E-state index contributed by atoms with van der Waals surface area (Å²) in [6.07, 6.45) is 1.68. The Morgan fingerprint density at radius 1 is 1.41 bits per heavy atom. The second-order valence-corrected chi connectivity index (χ2v) is 3.92. The third kappa shape index (κ3) is 4.50. The Kier molecular flexibility index (Phi) is 5.59. The first-order valence-corrected chi connectivity index (χ1v) is 5.75. The molecule has 17 heavy (non-hydrogen) atoms. The molecule has 0 bridgehead atoms. The summed E-state index contributed by atoms with van der Waals surface area (Å²) in [5.74, 6) is 0. The van der Waals surface area contributed by atoms with Crippen molar-refractivity contribution in [1.82, 2.24) is 5.32 Å². The van der Waals surface area contributed by atoms with Gasteiger partial charge in [-0.05, 0) is 18.4 Å². The molecule has 0 radical (unpaired) electrons. The van der Waals surface area contributed by atoms with Crippen LogP contribution in [-0.2, 0) is 6.54 Å². The Morgan fingerprint density at radius 2 is 2.06 bits per heavy atom. The summed E-state index contributed by atoms with van der Waals surface area (Å²) >= 11 is 0. The molecule has 1 rings (SSSR count). The topological polar surface area (TPSA) is 75.4 Å². The van der Waals surface area contributed by atoms with Gasteiger partial charge in [-0.25, -0.2) is 0 Å². The predicted octanol–water partition coefficient (Wildman–Crippen LogP) is 1.85. The number of nitrogens with one attached hydrogen (secondary N) is 1. The lowest BCUT2D eigenvalue weighted by Crippen LogP contribution is -2.28. The lowest BCUT2D eigenvalue weighted by molar-refractivity contribution is -0.384. The van der Waals surface area contributed by atoms with E-state index in [9.17, 15) is 10.1 Å². The highest BCUT2D eigenvalue weighted by molar-refractivity contribution is 5.32. The van der Waals surface area contributed by atoms with Gasteiger partial charge < -0.3 is 10.4 Å². The smallest absolute Gasteiger partial charge is 0.269 e. The molecule has 0 saturated heterocycles. The van der Waals surface area contributed by atoms with E-state index in [2.05, 4.69) is 12.2 Å². The van der Waals surface area contributed by atoms with Crippen LogP contribution in [-0.4, -0.2) is 22.7 Å². The van der Waals surface area contributed by atoms with Crippen molar-refractivity contribution >= 4 is 5.69 Å². The van der Waals surface area contributed by atoms with Crippen molar-refractivity contribution in [3.05, 3.63) is 39.9 Å². The summed E-state index contributed by atoms with van der Waals surface area (Å²) < 4.78 is 0. The third-order valence-corrected chi connectivity index (χ3v) is 2.71. The average Bonchev–Trinajstić information content (AvgIpc) is 2.35. The van der Waals surface area contributed by atoms with Crippen LogP contribution in [0.2, 0.25) is 0 Å². The van der Waals surface area contributed by atoms with E-state index in [0.29, 0.717) is 6.54 Å². The normalized spacial score (nSPS) is 12.4. The first-order chi connectivity index (χ1) is 8.17. The number of nitro groups is 1. The van der Waals surface area contributed by atoms with Crippen LogP contribution >= 0.6 is 0 Å². The van der Waals surface area contributed by atoms with Crippen molar-refractivity contribution in [2.75, 3.05) is 6.61 Å². The maximum absolute atomic E-state index is 10.5. The van der Waals surface area contributed by atoms with Crippen LogP contribution in [0.25, 0.3) is 0 Å². The minimum absolute atomic E-state index is 0.108. The zero-order chi connectivity index (χ0) is 12.7. The fourth-order valence-electron chi connectivity index (χ4n) is 1.60. The largest absolute Gasteiger partial charge is 0.396 e. The minimum atomic E-state index is -0.405. The summed E-state index contributed by atoms with van der Waals surface area (Å²) in [5, 5.41) is 22.6. The van der Waals surface area contributed by atoms with E-state index in [-0.39, 0.29) is 18.3 Å². The molecule has 5 nitrogen and oxygen atoms in total. The number of benzene rings is 1. The van der Waals surface area contributed by atoms with Crippen LogP contribution in [0.15, 0.2) is 24.3 Å². The molecule has 0 saturated carbocycles. The van der Waals surface area contributed by atoms with E-state index in [0.717, 1.165) is 18.4 Å². The molecule has 94 valence electrons. The van der Waals surface area contributed by atoms with Crippen LogP contribution in [0.4, 0.5) is 5.69 Å². The quantitative estimate of drug-likeness (QED) is 0.561. The van der Waals surface area contributed by atoms with Gasteiger partial charge in [0.25, 0.3) is 5.69 Å². The summed E-state index contributed by atoms with van der Waals surface area (Å²) in [6.45, 7) is 2.89. The Labute approximate surface area is 101 Å². The SMILES string of the molecule is CCC(CCO)NCc1ccc([N+](=O)[O-])cc1. The molecule has 5 heteroatoms. The molecular weight excluding hydrogens is 220 g/mol. The van der Waals surface area contributed by atoms with E-state index in [1.807, 2.05) is 0 Å². The monoisotopic (exact) mass is 238 g/mol. The lowest BCUT2D eigenvalue weighted by Gasteiger charge is -2.15. The maximum Gasteiger partial charge on any atom is 0.269 e. The molecule has 0 aliphatic carbocycles. The van der Waals surface area contributed by atoms with Crippen molar-refractivity contribution < 1.29 is 10.0 Å². The van der Waals surface area contributed by atoms with Crippen LogP contribution in [0, 0.1) is 10.1 Å². The summed E-state index contributed by atoms with van der Waals surface area (Å²) in [5.41, 5.74) is 1.11. The maximum atomic E-state index is 10.5. The molecule has 0 amide bonds. The molecule has 0 aliphatic heterocycles. The van der Waals surface area contributed by atoms with Gasteiger partial charge in [-0.2, -0.15) is 0 Å². The number of rotatable bonds is 7. The number of hydrogen-bond acceptors (Lipinski definition) is 4. The molecule has 0 heterocycles. The highest BCUT2D eigenvalue weighted by Crippen LogP contribution is 2.12. The molecule has 0 fully saturated rings. The first kappa shape index (κ1) is 13.6. The van der Waals surface area contributed by atoms with Crippen molar-refractivity contribution in [3.63, 3.8) is 0 Å². The van der Waals surface area contributed by atoms with Gasteiger partial charge >= 0.3 is 0 Å². The summed E-state index contributed by atoms with van der Waals surface area (Å²) in [4.78, 5) is 10.1. The molecule has 2 N–H and O–H groups in total. The van der Waals surface area contributed by atoms with Crippen molar-refractivity contribution in [2.45, 2.75) is 32.4 Å². The highest BCUT2D eigenvalue weighted by atomic mass is 16.6. The zero-order valence-corrected chi connectivity index (χ0v) is 9.93. The molecular formula is C12H18N2O3. The van der Waals surface area contributed by atoms with Gasteiger partial charge in [-0.3, -0.25) is 10.1 Å². The van der Waals surface area contributed by atoms with Crippen molar-refractivity contribution in [1.29, 1.82) is 0 Å². The fraction of sp³-hybridized carbons (Fsp3) is 0.500. The third-order valence-electron chi connectivity index (χ3n) is 2.71. The van der Waals surface area contributed by atoms with Crippen LogP contribution in [0.3, 0.4) is 0 Å². The Hall–Kier alpha value is -1.46. The Bertz CT molecular complexity index is 351. The van der Waals surface area contributed by atoms with Gasteiger partial charge in [-0.1, -0.05) is 19.1 Å². The van der Waals surface area contributed by atoms with Crippen LogP contribution in [0.1, 0.15) is 25.3 Å².